The third-order valence-corrected chi connectivity index (χ3v) is 13.5. The minimum Gasteiger partial charge on any atom is -0.450 e. The van der Waals surface area contributed by atoms with E-state index in [9.17, 15) is 0 Å². The molecule has 0 aliphatic carbocycles. The van der Waals surface area contributed by atoms with Gasteiger partial charge in [0, 0.05) is 23.4 Å². The second-order valence-corrected chi connectivity index (χ2v) is 18.6. The monoisotopic (exact) mass is 921 g/mol. The predicted octanol–water partition coefficient (Wildman–Crippen LogP) is 18.0. The Morgan fingerprint density at radius 1 is 0.338 bits per heavy atom. The van der Waals surface area contributed by atoms with Crippen LogP contribution in [-0.2, 0) is 0 Å². The van der Waals surface area contributed by atoms with Crippen LogP contribution in [0, 0.1) is 41.5 Å². The molecule has 0 saturated carbocycles. The molecule has 0 spiro atoms. The van der Waals surface area contributed by atoms with Gasteiger partial charge in [0.2, 0.25) is 5.88 Å². The van der Waals surface area contributed by atoms with Gasteiger partial charge in [-0.15, -0.1) is 0 Å². The quantitative estimate of drug-likeness (QED) is 0.133. The lowest BCUT2D eigenvalue weighted by Gasteiger charge is -2.24. The molecular formula is C66H55N3O2. The number of benzene rings is 8. The van der Waals surface area contributed by atoms with Crippen LogP contribution in [-0.4, -0.2) is 14.1 Å². The number of nitrogens with zero attached hydrogens (tertiary/aromatic N) is 2. The lowest BCUT2D eigenvalue weighted by Crippen LogP contribution is -2.07. The molecule has 5 heteroatoms. The summed E-state index contributed by atoms with van der Waals surface area (Å²) in [6.07, 6.45) is 1.90. The standard InChI is InChI=1S/C66H55N3O2/c1-43-39-45(3)62(46(4)40-43)53-29-19-30-54(63-47(5)41-44(2)42-48(63)6)64(53)70-61-37-38-67-66(61)71-65-59(68-55(49-21-11-7-12-22-49)33-34-56(68)50-23-13-8-14-24-50)31-20-32-60(65)69-57(51-25-15-9-16-26-51)35-36-58(69)52-27-17-10-18-28-52/h7-42,67H,1-6H3. The number of aromatic nitrogens is 3. The molecule has 3 aromatic heterocycles. The van der Waals surface area contributed by atoms with E-state index in [4.69, 9.17) is 9.47 Å². The molecule has 0 amide bonds. The average Bonchev–Trinajstić information content (AvgIpc) is 4.15. The Balaban J connectivity index is 1.17. The summed E-state index contributed by atoms with van der Waals surface area (Å²) >= 11 is 0. The Kier molecular flexibility index (Phi) is 11.9. The fourth-order valence-electron chi connectivity index (χ4n) is 10.7. The van der Waals surface area contributed by atoms with Crippen LogP contribution in [0.15, 0.2) is 219 Å². The molecule has 71 heavy (non-hydrogen) atoms. The third-order valence-electron chi connectivity index (χ3n) is 13.5. The first-order valence-corrected chi connectivity index (χ1v) is 24.3. The van der Waals surface area contributed by atoms with Crippen molar-refractivity contribution in [2.75, 3.05) is 0 Å². The van der Waals surface area contributed by atoms with Crippen molar-refractivity contribution in [3.05, 3.63) is 252 Å². The molecule has 11 rings (SSSR count). The molecule has 1 N–H and O–H groups in total. The van der Waals surface area contributed by atoms with Crippen LogP contribution in [0.25, 0.3) is 78.7 Å². The van der Waals surface area contributed by atoms with Gasteiger partial charge in [-0.3, -0.25) is 0 Å². The first-order valence-electron chi connectivity index (χ1n) is 24.3. The van der Waals surface area contributed by atoms with Gasteiger partial charge in [-0.1, -0.05) is 181 Å². The van der Waals surface area contributed by atoms with E-state index in [0.717, 1.165) is 84.4 Å². The molecule has 0 saturated heterocycles. The van der Waals surface area contributed by atoms with Crippen molar-refractivity contribution in [3.8, 4) is 102 Å². The number of ether oxygens (including phenoxy) is 2. The fraction of sp³-hybridized carbons (Fsp3) is 0.0909. The highest BCUT2D eigenvalue weighted by Crippen LogP contribution is 2.49. The molecule has 3 heterocycles. The maximum Gasteiger partial charge on any atom is 0.240 e. The van der Waals surface area contributed by atoms with Gasteiger partial charge in [0.25, 0.3) is 0 Å². The molecule has 8 aromatic carbocycles. The minimum atomic E-state index is 0.471. The molecule has 5 nitrogen and oxygen atoms in total. The predicted molar refractivity (Wildman–Crippen MR) is 294 cm³/mol. The summed E-state index contributed by atoms with van der Waals surface area (Å²) in [5.41, 5.74) is 21.7. The zero-order chi connectivity index (χ0) is 48.6. The summed E-state index contributed by atoms with van der Waals surface area (Å²) in [5.74, 6) is 2.43. The molecule has 11 aromatic rings. The second-order valence-electron chi connectivity index (χ2n) is 18.6. The van der Waals surface area contributed by atoms with E-state index < -0.39 is 0 Å². The van der Waals surface area contributed by atoms with E-state index in [1.54, 1.807) is 0 Å². The van der Waals surface area contributed by atoms with E-state index in [-0.39, 0.29) is 0 Å². The first-order chi connectivity index (χ1) is 34.7. The molecular weight excluding hydrogens is 867 g/mol. The number of H-pyrrole nitrogens is 1. The molecule has 0 aliphatic heterocycles. The van der Waals surface area contributed by atoms with Crippen molar-refractivity contribution in [1.29, 1.82) is 0 Å². The largest absolute Gasteiger partial charge is 0.450 e. The Hall–Kier alpha value is -8.80. The topological polar surface area (TPSA) is 44.1 Å². The lowest BCUT2D eigenvalue weighted by atomic mass is 9.88. The molecule has 0 atom stereocenters. The van der Waals surface area contributed by atoms with Crippen LogP contribution in [0.1, 0.15) is 33.4 Å². The Bertz CT molecular complexity index is 3320. The average molecular weight is 922 g/mol. The Morgan fingerprint density at radius 3 is 1.06 bits per heavy atom. The van der Waals surface area contributed by atoms with Crippen LogP contribution in [0.4, 0.5) is 0 Å². The normalized spacial score (nSPS) is 11.2. The van der Waals surface area contributed by atoms with E-state index >= 15 is 0 Å². The first kappa shape index (κ1) is 44.7. The van der Waals surface area contributed by atoms with Crippen molar-refractivity contribution in [2.45, 2.75) is 41.5 Å². The zero-order valence-corrected chi connectivity index (χ0v) is 41.0. The highest BCUT2D eigenvalue weighted by atomic mass is 16.5. The van der Waals surface area contributed by atoms with Crippen LogP contribution in [0.2, 0.25) is 0 Å². The van der Waals surface area contributed by atoms with Crippen molar-refractivity contribution < 1.29 is 9.47 Å². The SMILES string of the molecule is Cc1cc(C)c(-c2cccc(-c3c(C)cc(C)cc3C)c2Oc2cc[nH]c2Oc2c(-n3c(-c4ccccc4)ccc3-c3ccccc3)cccc2-n2c(-c3ccccc3)ccc2-c2ccccc2)c(C)c1. The van der Waals surface area contributed by atoms with Crippen molar-refractivity contribution in [1.82, 2.24) is 14.1 Å². The second kappa shape index (κ2) is 18.9. The van der Waals surface area contributed by atoms with Gasteiger partial charge in [0.05, 0.1) is 34.2 Å². The maximum absolute atomic E-state index is 7.59. The Morgan fingerprint density at radius 2 is 0.690 bits per heavy atom. The molecule has 346 valence electrons. The number of hydrogen-bond acceptors (Lipinski definition) is 2. The maximum atomic E-state index is 7.59. The molecule has 0 bridgehead atoms. The summed E-state index contributed by atoms with van der Waals surface area (Å²) in [4.78, 5) is 3.52. The van der Waals surface area contributed by atoms with E-state index in [2.05, 4.69) is 262 Å². The summed E-state index contributed by atoms with van der Waals surface area (Å²) in [6, 6.07) is 75.1. The van der Waals surface area contributed by atoms with Crippen LogP contribution < -0.4 is 9.47 Å². The third kappa shape index (κ3) is 8.46. The van der Waals surface area contributed by atoms with E-state index in [1.807, 2.05) is 12.3 Å². The molecule has 0 fully saturated rings. The summed E-state index contributed by atoms with van der Waals surface area (Å²) in [6.45, 7) is 13.1. The van der Waals surface area contributed by atoms with Crippen molar-refractivity contribution >= 4 is 0 Å². The highest BCUT2D eigenvalue weighted by Gasteiger charge is 2.27. The van der Waals surface area contributed by atoms with E-state index in [1.165, 1.54) is 33.4 Å². The van der Waals surface area contributed by atoms with Gasteiger partial charge < -0.3 is 23.6 Å². The van der Waals surface area contributed by atoms with Gasteiger partial charge >= 0.3 is 0 Å². The zero-order valence-electron chi connectivity index (χ0n) is 41.0. The number of nitrogens with one attached hydrogen (secondary N) is 1. The fourth-order valence-corrected chi connectivity index (χ4v) is 10.7. The van der Waals surface area contributed by atoms with Gasteiger partial charge in [-0.2, -0.15) is 0 Å². The summed E-state index contributed by atoms with van der Waals surface area (Å²) < 4.78 is 19.7. The summed E-state index contributed by atoms with van der Waals surface area (Å²) in [7, 11) is 0. The smallest absolute Gasteiger partial charge is 0.240 e. The van der Waals surface area contributed by atoms with Gasteiger partial charge in [0.15, 0.2) is 11.5 Å². The lowest BCUT2D eigenvalue weighted by molar-refractivity contribution is 0.411. The highest BCUT2D eigenvalue weighted by molar-refractivity contribution is 5.88. The van der Waals surface area contributed by atoms with Gasteiger partial charge in [0.1, 0.15) is 5.75 Å². The summed E-state index contributed by atoms with van der Waals surface area (Å²) in [5, 5.41) is 0. The molecule has 0 radical (unpaired) electrons. The van der Waals surface area contributed by atoms with Gasteiger partial charge in [-0.25, -0.2) is 0 Å². The number of rotatable bonds is 12. The van der Waals surface area contributed by atoms with Crippen LogP contribution in [0.3, 0.4) is 0 Å². The Labute approximate surface area is 416 Å². The van der Waals surface area contributed by atoms with Crippen molar-refractivity contribution in [2.24, 2.45) is 0 Å². The number of aryl methyl sites for hydroxylation is 6. The number of aromatic amines is 1. The van der Waals surface area contributed by atoms with E-state index in [0.29, 0.717) is 17.4 Å². The van der Waals surface area contributed by atoms with Crippen LogP contribution in [0.5, 0.6) is 23.1 Å². The molecule has 0 aliphatic rings. The number of para-hydroxylation sites is 2. The van der Waals surface area contributed by atoms with Crippen LogP contribution >= 0.6 is 0 Å². The van der Waals surface area contributed by atoms with Gasteiger partial charge in [-0.05, 0) is 134 Å². The number of hydrogen-bond donors (Lipinski definition) is 1. The minimum absolute atomic E-state index is 0.471. The molecule has 0 unspecified atom stereocenters. The van der Waals surface area contributed by atoms with Crippen molar-refractivity contribution in [3.63, 3.8) is 0 Å².